The maximum absolute atomic E-state index is 4.81. The van der Waals surface area contributed by atoms with Crippen LogP contribution < -0.4 is 5.32 Å². The number of rotatable bonds is 3. The van der Waals surface area contributed by atoms with E-state index in [9.17, 15) is 0 Å². The number of hydrogen-bond donors (Lipinski definition) is 1. The zero-order valence-electron chi connectivity index (χ0n) is 13.7. The Bertz CT molecular complexity index is 1050. The standard InChI is InChI=1S/C21H16BrN3/c1-14-11-12-18-16(13-14)20(15-7-3-2-4-8-15)25-21(23-18)24-19-10-6-5-9-17(19)22/h2-13H,1H3,(H,23,24,25). The first-order valence-electron chi connectivity index (χ1n) is 8.06. The van der Waals surface area contributed by atoms with Crippen LogP contribution in [0, 0.1) is 6.92 Å². The first kappa shape index (κ1) is 15.8. The SMILES string of the molecule is Cc1ccc2nc(Nc3ccccc3Br)nc(-c3ccccc3)c2c1. The fraction of sp³-hybridized carbons (Fsp3) is 0.0476. The first-order valence-corrected chi connectivity index (χ1v) is 8.85. The highest BCUT2D eigenvalue weighted by molar-refractivity contribution is 9.10. The molecule has 0 spiro atoms. The number of fused-ring (bicyclic) bond motifs is 1. The minimum atomic E-state index is 0.585. The van der Waals surface area contributed by atoms with Crippen molar-refractivity contribution in [2.75, 3.05) is 5.32 Å². The molecule has 25 heavy (non-hydrogen) atoms. The van der Waals surface area contributed by atoms with Crippen LogP contribution in [0.4, 0.5) is 11.6 Å². The molecule has 0 atom stereocenters. The third-order valence-electron chi connectivity index (χ3n) is 4.02. The third kappa shape index (κ3) is 3.26. The van der Waals surface area contributed by atoms with Gasteiger partial charge in [0.1, 0.15) is 0 Å². The lowest BCUT2D eigenvalue weighted by atomic mass is 10.0. The zero-order chi connectivity index (χ0) is 17.2. The molecule has 0 aliphatic rings. The van der Waals surface area contributed by atoms with Crippen molar-refractivity contribution in [1.82, 2.24) is 9.97 Å². The second-order valence-corrected chi connectivity index (χ2v) is 6.74. The van der Waals surface area contributed by atoms with Crippen LogP contribution >= 0.6 is 15.9 Å². The van der Waals surface area contributed by atoms with Crippen molar-refractivity contribution in [3.05, 3.63) is 82.8 Å². The van der Waals surface area contributed by atoms with E-state index >= 15 is 0 Å². The van der Waals surface area contributed by atoms with Crippen molar-refractivity contribution in [1.29, 1.82) is 0 Å². The number of aryl methyl sites for hydroxylation is 1. The second kappa shape index (κ2) is 6.65. The van der Waals surface area contributed by atoms with Gasteiger partial charge in [0.05, 0.1) is 16.9 Å². The number of halogens is 1. The van der Waals surface area contributed by atoms with Gasteiger partial charge in [0.25, 0.3) is 0 Å². The number of nitrogens with one attached hydrogen (secondary N) is 1. The number of benzene rings is 3. The predicted octanol–water partition coefficient (Wildman–Crippen LogP) is 6.11. The summed E-state index contributed by atoms with van der Waals surface area (Å²) >= 11 is 3.56. The van der Waals surface area contributed by atoms with Gasteiger partial charge >= 0.3 is 0 Å². The van der Waals surface area contributed by atoms with Gasteiger partial charge in [0, 0.05) is 15.4 Å². The van der Waals surface area contributed by atoms with Gasteiger partial charge in [0.2, 0.25) is 5.95 Å². The molecule has 0 unspecified atom stereocenters. The quantitative estimate of drug-likeness (QED) is 0.459. The first-order chi connectivity index (χ1) is 12.2. The molecule has 3 nitrogen and oxygen atoms in total. The summed E-state index contributed by atoms with van der Waals surface area (Å²) in [7, 11) is 0. The fourth-order valence-corrected chi connectivity index (χ4v) is 3.18. The molecule has 0 bridgehead atoms. The molecule has 4 rings (SSSR count). The highest BCUT2D eigenvalue weighted by atomic mass is 79.9. The van der Waals surface area contributed by atoms with Crippen molar-refractivity contribution in [3.8, 4) is 11.3 Å². The van der Waals surface area contributed by atoms with Gasteiger partial charge in [-0.15, -0.1) is 0 Å². The molecule has 0 aliphatic carbocycles. The Balaban J connectivity index is 1.89. The average molecular weight is 390 g/mol. The summed E-state index contributed by atoms with van der Waals surface area (Å²) in [6.07, 6.45) is 0. The van der Waals surface area contributed by atoms with Crippen molar-refractivity contribution in [2.45, 2.75) is 6.92 Å². The van der Waals surface area contributed by atoms with Gasteiger partial charge in [-0.3, -0.25) is 0 Å². The lowest BCUT2D eigenvalue weighted by Crippen LogP contribution is -2.00. The van der Waals surface area contributed by atoms with Crippen molar-refractivity contribution < 1.29 is 0 Å². The Hall–Kier alpha value is -2.72. The zero-order valence-corrected chi connectivity index (χ0v) is 15.3. The van der Waals surface area contributed by atoms with Crippen LogP contribution in [0.1, 0.15) is 5.56 Å². The summed E-state index contributed by atoms with van der Waals surface area (Å²) in [5, 5.41) is 4.38. The predicted molar refractivity (Wildman–Crippen MR) is 107 cm³/mol. The summed E-state index contributed by atoms with van der Waals surface area (Å²) in [4.78, 5) is 9.50. The molecule has 0 amide bonds. The molecule has 1 heterocycles. The van der Waals surface area contributed by atoms with E-state index in [4.69, 9.17) is 9.97 Å². The molecule has 0 saturated heterocycles. The topological polar surface area (TPSA) is 37.8 Å². The van der Waals surface area contributed by atoms with E-state index in [1.165, 1.54) is 5.56 Å². The Morgan fingerprint density at radius 1 is 0.840 bits per heavy atom. The lowest BCUT2D eigenvalue weighted by Gasteiger charge is -2.12. The Morgan fingerprint density at radius 2 is 1.60 bits per heavy atom. The van der Waals surface area contributed by atoms with Crippen LogP contribution in [0.5, 0.6) is 0 Å². The molecule has 1 N–H and O–H groups in total. The van der Waals surface area contributed by atoms with Crippen LogP contribution in [0.2, 0.25) is 0 Å². The summed E-state index contributed by atoms with van der Waals surface area (Å²) in [6, 6.07) is 24.4. The van der Waals surface area contributed by atoms with Crippen LogP contribution in [0.25, 0.3) is 22.2 Å². The molecule has 4 aromatic rings. The smallest absolute Gasteiger partial charge is 0.228 e. The van der Waals surface area contributed by atoms with Crippen LogP contribution in [-0.4, -0.2) is 9.97 Å². The Morgan fingerprint density at radius 3 is 2.40 bits per heavy atom. The van der Waals surface area contributed by atoms with Gasteiger partial charge in [-0.25, -0.2) is 9.97 Å². The Labute approximate surface area is 154 Å². The van der Waals surface area contributed by atoms with Crippen LogP contribution in [0.15, 0.2) is 77.3 Å². The molecular formula is C21H16BrN3. The maximum atomic E-state index is 4.81. The molecular weight excluding hydrogens is 374 g/mol. The van der Waals surface area contributed by atoms with E-state index in [1.54, 1.807) is 0 Å². The minimum Gasteiger partial charge on any atom is -0.323 e. The fourth-order valence-electron chi connectivity index (χ4n) is 2.80. The molecule has 0 saturated carbocycles. The van der Waals surface area contributed by atoms with Gasteiger partial charge in [0.15, 0.2) is 0 Å². The maximum Gasteiger partial charge on any atom is 0.228 e. The molecule has 0 radical (unpaired) electrons. The average Bonchev–Trinajstić information content (AvgIpc) is 2.64. The molecule has 0 fully saturated rings. The van der Waals surface area contributed by atoms with Crippen LogP contribution in [-0.2, 0) is 0 Å². The number of aromatic nitrogens is 2. The van der Waals surface area contributed by atoms with Crippen molar-refractivity contribution >= 4 is 38.5 Å². The highest BCUT2D eigenvalue weighted by Crippen LogP contribution is 2.30. The molecule has 0 aliphatic heterocycles. The number of anilines is 2. The largest absolute Gasteiger partial charge is 0.323 e. The van der Waals surface area contributed by atoms with Gasteiger partial charge < -0.3 is 5.32 Å². The van der Waals surface area contributed by atoms with Crippen LogP contribution in [0.3, 0.4) is 0 Å². The molecule has 1 aromatic heterocycles. The van der Waals surface area contributed by atoms with Gasteiger partial charge in [-0.2, -0.15) is 0 Å². The van der Waals surface area contributed by atoms with E-state index in [2.05, 4.69) is 52.4 Å². The van der Waals surface area contributed by atoms with Crippen molar-refractivity contribution in [2.24, 2.45) is 0 Å². The van der Waals surface area contributed by atoms with E-state index in [0.29, 0.717) is 5.95 Å². The molecule has 122 valence electrons. The van der Waals surface area contributed by atoms with E-state index < -0.39 is 0 Å². The summed E-state index contributed by atoms with van der Waals surface area (Å²) in [5.41, 5.74) is 5.07. The number of nitrogens with zero attached hydrogens (tertiary/aromatic N) is 2. The van der Waals surface area contributed by atoms with Crippen molar-refractivity contribution in [3.63, 3.8) is 0 Å². The number of para-hydroxylation sites is 1. The van der Waals surface area contributed by atoms with E-state index in [-0.39, 0.29) is 0 Å². The normalized spacial score (nSPS) is 10.8. The second-order valence-electron chi connectivity index (χ2n) is 5.89. The summed E-state index contributed by atoms with van der Waals surface area (Å²) in [6.45, 7) is 2.08. The van der Waals surface area contributed by atoms with E-state index in [0.717, 1.165) is 32.3 Å². The lowest BCUT2D eigenvalue weighted by molar-refractivity contribution is 1.21. The van der Waals surface area contributed by atoms with Gasteiger partial charge in [-0.05, 0) is 47.1 Å². The third-order valence-corrected chi connectivity index (χ3v) is 4.71. The number of hydrogen-bond acceptors (Lipinski definition) is 3. The van der Waals surface area contributed by atoms with Gasteiger partial charge in [-0.1, -0.05) is 54.1 Å². The summed E-state index contributed by atoms with van der Waals surface area (Å²) < 4.78 is 0.976. The minimum absolute atomic E-state index is 0.585. The Kier molecular flexibility index (Phi) is 4.20. The molecule has 3 aromatic carbocycles. The van der Waals surface area contributed by atoms with E-state index in [1.807, 2.05) is 48.5 Å². The highest BCUT2D eigenvalue weighted by Gasteiger charge is 2.11. The molecule has 4 heteroatoms. The summed E-state index contributed by atoms with van der Waals surface area (Å²) in [5.74, 6) is 0.585. The monoisotopic (exact) mass is 389 g/mol.